The number of hydrogen-bond acceptors (Lipinski definition) is 13. The highest BCUT2D eigenvalue weighted by molar-refractivity contribution is 6.89. The van der Waals surface area contributed by atoms with Crippen LogP contribution < -0.4 is 0 Å². The predicted molar refractivity (Wildman–Crippen MR) is 297 cm³/mol. The van der Waals surface area contributed by atoms with Gasteiger partial charge >= 0.3 is 25.7 Å². The lowest BCUT2D eigenvalue weighted by molar-refractivity contribution is -0.150. The zero-order valence-electron chi connectivity index (χ0n) is 47.3. The van der Waals surface area contributed by atoms with Gasteiger partial charge in [-0.15, -0.1) is 0 Å². The zero-order valence-corrected chi connectivity index (χ0v) is 55.3. The molecule has 0 N–H and O–H groups in total. The van der Waals surface area contributed by atoms with E-state index in [1.165, 1.54) is 43.8 Å². The van der Waals surface area contributed by atoms with Gasteiger partial charge in [0.05, 0.1) is 58.5 Å². The molecule has 5 rings (SSSR count). The van der Waals surface area contributed by atoms with E-state index in [0.717, 1.165) is 104 Å². The van der Waals surface area contributed by atoms with Crippen LogP contribution in [0.1, 0.15) is 58.3 Å². The molecule has 5 aliphatic rings. The van der Waals surface area contributed by atoms with E-state index >= 15 is 0 Å². The summed E-state index contributed by atoms with van der Waals surface area (Å²) in [5.74, 6) is 0.872. The van der Waals surface area contributed by atoms with Crippen molar-refractivity contribution in [3.8, 4) is 0 Å². The minimum absolute atomic E-state index is 0.256. The summed E-state index contributed by atoms with van der Waals surface area (Å²) in [6.07, 6.45) is 11.5. The Morgan fingerprint density at radius 3 is 1.47 bits per heavy atom. The molecule has 0 aromatic rings. The van der Waals surface area contributed by atoms with E-state index in [0.29, 0.717) is 24.4 Å². The second-order valence-electron chi connectivity index (χ2n) is 25.4. The van der Waals surface area contributed by atoms with Crippen molar-refractivity contribution in [3.63, 3.8) is 0 Å². The maximum absolute atomic E-state index is 6.71. The Kier molecular flexibility index (Phi) is 26.0. The van der Waals surface area contributed by atoms with E-state index in [4.69, 9.17) is 58.2 Å². The number of ether oxygens (including phenoxy) is 7. The van der Waals surface area contributed by atoms with Crippen LogP contribution in [0.3, 0.4) is 0 Å². The Bertz CT molecular complexity index is 1380. The summed E-state index contributed by atoms with van der Waals surface area (Å²) in [5.41, 5.74) is 0.256. The molecule has 1 aliphatic carbocycles. The van der Waals surface area contributed by atoms with E-state index in [1.807, 2.05) is 0 Å². The average Bonchev–Trinajstić information content (AvgIpc) is 4.02. The molecule has 13 nitrogen and oxygen atoms in total. The molecule has 5 fully saturated rings. The monoisotopic (exact) mass is 1100 g/mol. The molecule has 6 atom stereocenters. The quantitative estimate of drug-likeness (QED) is 0.0351. The first kappa shape index (κ1) is 63.5. The van der Waals surface area contributed by atoms with Crippen molar-refractivity contribution in [2.75, 3.05) is 73.2 Å². The lowest BCUT2D eigenvalue weighted by Gasteiger charge is -2.41. The number of epoxide rings is 3. The van der Waals surface area contributed by atoms with Crippen molar-refractivity contribution in [1.29, 1.82) is 0 Å². The molecular weight excluding hydrogens is 997 g/mol. The number of fused-ring (bicyclic) bond motifs is 1. The zero-order chi connectivity index (χ0) is 51.1. The third kappa shape index (κ3) is 29.3. The van der Waals surface area contributed by atoms with Crippen LogP contribution in [-0.2, 0) is 58.2 Å². The van der Waals surface area contributed by atoms with Crippen molar-refractivity contribution in [2.24, 2.45) is 11.3 Å². The first-order valence-electron chi connectivity index (χ1n) is 26.5. The van der Waals surface area contributed by atoms with Gasteiger partial charge in [-0.25, -0.2) is 0 Å². The topological polar surface area (TPSA) is 130 Å². The van der Waals surface area contributed by atoms with E-state index in [2.05, 4.69) is 118 Å². The molecule has 0 aromatic heterocycles. The number of rotatable bonds is 33. The fourth-order valence-electron chi connectivity index (χ4n) is 9.48. The van der Waals surface area contributed by atoms with E-state index < -0.39 is 67.3 Å². The summed E-state index contributed by atoms with van der Waals surface area (Å²) in [6, 6.07) is 4.56. The molecule has 4 aliphatic heterocycles. The highest BCUT2D eigenvalue weighted by atomic mass is 28.5. The Balaban J connectivity index is 0.000000275. The SMILES string of the molecule is CCC1(COCCC[Si](C)(O[Si](C)(C)C)O[Si](C)(C)O[Si](C)(C)C)COC1.CO[Si](C)(C)O[Si](C)(C)CCC1CCC2OC2C1.C[Si](C)(CCCOCC1CO1)O[Si](C)(C)CCCOCC1CO1. The van der Waals surface area contributed by atoms with Crippen LogP contribution in [0.5, 0.6) is 0 Å². The Labute approximate surface area is 425 Å². The third-order valence-corrected chi connectivity index (χ3v) is 40.5. The molecule has 0 amide bonds. The summed E-state index contributed by atoms with van der Waals surface area (Å²) in [5, 5.41) is 0. The van der Waals surface area contributed by atoms with Crippen LogP contribution >= 0.6 is 0 Å². The van der Waals surface area contributed by atoms with Gasteiger partial charge in [-0.3, -0.25) is 0 Å². The van der Waals surface area contributed by atoms with E-state index in [9.17, 15) is 0 Å². The van der Waals surface area contributed by atoms with Crippen molar-refractivity contribution in [2.45, 2.75) is 218 Å². The highest BCUT2D eigenvalue weighted by Crippen LogP contribution is 2.42. The van der Waals surface area contributed by atoms with E-state index in [1.54, 1.807) is 7.11 Å². The molecule has 0 aromatic carbocycles. The van der Waals surface area contributed by atoms with Crippen LogP contribution in [0, 0.1) is 11.3 Å². The first-order valence-corrected chi connectivity index (χ1v) is 50.8. The van der Waals surface area contributed by atoms with Crippen molar-refractivity contribution in [1.82, 2.24) is 0 Å². The standard InChI is InChI=1S/C18H44O5Si4.C16H34O5Si2.C13H28O3Si2/c1-11-18(16-20-17-18)15-19-13-12-14-27(10,22-25(5,6)7)23-26(8,9)21-24(2,3)4;1-22(2,9-5-7-17-11-15-13-19-15)21-23(3,4)10-6-8-18-12-16-14-20-16;1-14-18(4,5)16-17(2,3)9-8-11-6-7-12-13(10-11)15-12/h11-17H2,1-10H3;15-16H,5-14H2,1-4H3;11-13H,6-10H2,1-5H3. The summed E-state index contributed by atoms with van der Waals surface area (Å²) in [7, 11) is -12.7. The number of hydrogen-bond donors (Lipinski definition) is 0. The molecular formula is C47H106O13Si8. The van der Waals surface area contributed by atoms with Gasteiger partial charge in [0.15, 0.2) is 41.6 Å². The van der Waals surface area contributed by atoms with Crippen LogP contribution in [0.25, 0.3) is 0 Å². The van der Waals surface area contributed by atoms with Gasteiger partial charge in [0.2, 0.25) is 0 Å². The molecule has 21 heteroatoms. The molecule has 68 heavy (non-hydrogen) atoms. The smallest absolute Gasteiger partial charge is 0.321 e. The Morgan fingerprint density at radius 2 is 1.03 bits per heavy atom. The van der Waals surface area contributed by atoms with Crippen LogP contribution in [-0.4, -0.2) is 165 Å². The predicted octanol–water partition coefficient (Wildman–Crippen LogP) is 11.9. The van der Waals surface area contributed by atoms with Crippen molar-refractivity contribution < 1.29 is 58.2 Å². The van der Waals surface area contributed by atoms with Crippen LogP contribution in [0.4, 0.5) is 0 Å². The molecule has 404 valence electrons. The largest absolute Gasteiger partial charge is 0.455 e. The lowest BCUT2D eigenvalue weighted by atomic mass is 9.84. The van der Waals surface area contributed by atoms with Gasteiger partial charge in [0, 0.05) is 32.3 Å². The second-order valence-corrected chi connectivity index (χ2v) is 58.7. The summed E-state index contributed by atoms with van der Waals surface area (Å²) >= 11 is 0. The fraction of sp³-hybridized carbons (Fsp3) is 1.00. The Morgan fingerprint density at radius 1 is 0.529 bits per heavy atom. The minimum Gasteiger partial charge on any atom is -0.455 e. The van der Waals surface area contributed by atoms with Gasteiger partial charge in [-0.05, 0) is 186 Å². The van der Waals surface area contributed by atoms with Gasteiger partial charge < -0.3 is 58.2 Å². The van der Waals surface area contributed by atoms with Crippen molar-refractivity contribution in [3.05, 3.63) is 0 Å². The van der Waals surface area contributed by atoms with E-state index in [-0.39, 0.29) is 5.41 Å². The fourth-order valence-corrected chi connectivity index (χ4v) is 43.4. The second kappa shape index (κ2) is 27.8. The van der Waals surface area contributed by atoms with Gasteiger partial charge in [-0.1, -0.05) is 13.3 Å². The normalized spacial score (nSPS) is 24.7. The maximum Gasteiger partial charge on any atom is 0.321 e. The average molecular weight is 1100 g/mol. The van der Waals surface area contributed by atoms with Gasteiger partial charge in [0.25, 0.3) is 0 Å². The molecule has 6 unspecified atom stereocenters. The molecule has 4 heterocycles. The highest BCUT2D eigenvalue weighted by Gasteiger charge is 2.46. The molecule has 0 bridgehead atoms. The van der Waals surface area contributed by atoms with Crippen LogP contribution in [0.15, 0.2) is 0 Å². The maximum atomic E-state index is 6.71. The van der Waals surface area contributed by atoms with Crippen LogP contribution in [0.2, 0.25) is 135 Å². The Hall–Kier alpha value is 1.22. The van der Waals surface area contributed by atoms with Crippen molar-refractivity contribution >= 4 is 67.3 Å². The lowest BCUT2D eigenvalue weighted by Crippen LogP contribution is -2.56. The minimum atomic E-state index is -2.30. The third-order valence-electron chi connectivity index (χ3n) is 12.8. The molecule has 4 saturated heterocycles. The molecule has 0 radical (unpaired) electrons. The van der Waals surface area contributed by atoms with Gasteiger partial charge in [-0.2, -0.15) is 0 Å². The van der Waals surface area contributed by atoms with Gasteiger partial charge in [0.1, 0.15) is 12.2 Å². The summed E-state index contributed by atoms with van der Waals surface area (Å²) in [6.45, 7) is 48.7. The summed E-state index contributed by atoms with van der Waals surface area (Å²) < 4.78 is 76.7. The molecule has 1 saturated carbocycles. The first-order chi connectivity index (χ1) is 31.3. The summed E-state index contributed by atoms with van der Waals surface area (Å²) in [4.78, 5) is 0. The molecule has 0 spiro atoms.